The van der Waals surface area contributed by atoms with Crippen molar-refractivity contribution in [2.24, 2.45) is 5.73 Å². The van der Waals surface area contributed by atoms with E-state index in [-0.39, 0.29) is 12.5 Å². The lowest BCUT2D eigenvalue weighted by Crippen LogP contribution is -2.38. The number of nitrogens with zero attached hydrogens (tertiary/aromatic N) is 1. The Balaban J connectivity index is 2.47. The fraction of sp³-hybridized carbons (Fsp3) is 0.222. The molecule has 2 N–H and O–H groups in total. The van der Waals surface area contributed by atoms with Crippen molar-refractivity contribution in [3.05, 3.63) is 66.3 Å². The molecule has 120 valence electrons. The minimum atomic E-state index is -0.542. The SMILES string of the molecule is C=C/C=C\C=C1/CN(C(N)=O)c2ccccc2C[C@@H]1OC(C)=O. The summed E-state index contributed by atoms with van der Waals surface area (Å²) in [5.41, 5.74) is 7.99. The van der Waals surface area contributed by atoms with Gasteiger partial charge in [0, 0.05) is 19.0 Å². The smallest absolute Gasteiger partial charge is 0.319 e. The zero-order valence-corrected chi connectivity index (χ0v) is 13.1. The number of urea groups is 1. The molecule has 0 aliphatic carbocycles. The van der Waals surface area contributed by atoms with E-state index in [1.807, 2.05) is 30.3 Å². The summed E-state index contributed by atoms with van der Waals surface area (Å²) in [5, 5.41) is 0. The van der Waals surface area contributed by atoms with Gasteiger partial charge in [0.05, 0.1) is 6.54 Å². The average Bonchev–Trinajstić information content (AvgIpc) is 2.64. The van der Waals surface area contributed by atoms with Crippen molar-refractivity contribution in [3.8, 4) is 0 Å². The van der Waals surface area contributed by atoms with Crippen LogP contribution in [0.4, 0.5) is 10.5 Å². The number of ether oxygens (including phenoxy) is 1. The Kier molecular flexibility index (Phi) is 5.36. The molecule has 1 aliphatic rings. The third-order valence-corrected chi connectivity index (χ3v) is 3.57. The van der Waals surface area contributed by atoms with Gasteiger partial charge in [-0.3, -0.25) is 9.69 Å². The molecule has 1 aromatic rings. The standard InChI is InChI=1S/C18H20N2O3/c1-3-4-5-9-15-12-20(18(19)22)16-10-7-6-8-14(16)11-17(15)23-13(2)21/h3-10,17H,1,11-12H2,2H3,(H2,19,22)/b5-4-,15-9+/t17-/m0/s1. The molecular formula is C18H20N2O3. The Bertz CT molecular complexity index is 677. The lowest BCUT2D eigenvalue weighted by atomic mass is 10.0. The van der Waals surface area contributed by atoms with Gasteiger partial charge in [0.2, 0.25) is 0 Å². The maximum absolute atomic E-state index is 11.9. The van der Waals surface area contributed by atoms with Crippen molar-refractivity contribution in [3.63, 3.8) is 0 Å². The summed E-state index contributed by atoms with van der Waals surface area (Å²) in [6, 6.07) is 6.94. The molecule has 0 fully saturated rings. The molecule has 0 radical (unpaired) electrons. The summed E-state index contributed by atoms with van der Waals surface area (Å²) in [6.07, 6.45) is 7.10. The normalized spacial score (nSPS) is 19.3. The van der Waals surface area contributed by atoms with E-state index in [1.165, 1.54) is 11.8 Å². The number of fused-ring (bicyclic) bond motifs is 1. The van der Waals surface area contributed by atoms with E-state index in [1.54, 1.807) is 18.2 Å². The van der Waals surface area contributed by atoms with Gasteiger partial charge in [0.15, 0.2) is 0 Å². The number of amides is 2. The van der Waals surface area contributed by atoms with Gasteiger partial charge >= 0.3 is 12.0 Å². The molecule has 5 nitrogen and oxygen atoms in total. The van der Waals surface area contributed by atoms with Crippen molar-refractivity contribution in [1.29, 1.82) is 0 Å². The Morgan fingerprint density at radius 1 is 1.35 bits per heavy atom. The van der Waals surface area contributed by atoms with Gasteiger partial charge in [0.1, 0.15) is 6.10 Å². The van der Waals surface area contributed by atoms with Crippen LogP contribution in [0.1, 0.15) is 12.5 Å². The molecule has 0 spiro atoms. The first-order valence-corrected chi connectivity index (χ1v) is 7.33. The fourth-order valence-corrected chi connectivity index (χ4v) is 2.58. The number of nitrogens with two attached hydrogens (primary N) is 1. The van der Waals surface area contributed by atoms with Gasteiger partial charge in [-0.25, -0.2) is 4.79 Å². The predicted octanol–water partition coefficient (Wildman–Crippen LogP) is 2.73. The third-order valence-electron chi connectivity index (χ3n) is 3.57. The van der Waals surface area contributed by atoms with Gasteiger partial charge < -0.3 is 10.5 Å². The highest BCUT2D eigenvalue weighted by Crippen LogP contribution is 2.29. The predicted molar refractivity (Wildman–Crippen MR) is 90.0 cm³/mol. The van der Waals surface area contributed by atoms with Crippen LogP contribution < -0.4 is 10.6 Å². The third kappa shape index (κ3) is 4.10. The van der Waals surface area contributed by atoms with Crippen LogP contribution in [0.15, 0.2) is 60.7 Å². The first-order chi connectivity index (χ1) is 11.0. The lowest BCUT2D eigenvalue weighted by Gasteiger charge is -2.22. The number of esters is 1. The highest BCUT2D eigenvalue weighted by atomic mass is 16.5. The zero-order valence-electron chi connectivity index (χ0n) is 13.1. The van der Waals surface area contributed by atoms with E-state index < -0.39 is 12.1 Å². The molecule has 0 unspecified atom stereocenters. The molecule has 1 aromatic carbocycles. The second-order valence-electron chi connectivity index (χ2n) is 5.22. The van der Waals surface area contributed by atoms with Gasteiger partial charge in [-0.05, 0) is 17.2 Å². The molecule has 2 rings (SSSR count). The summed E-state index contributed by atoms with van der Waals surface area (Å²) >= 11 is 0. The molecule has 1 heterocycles. The number of rotatable bonds is 3. The molecular weight excluding hydrogens is 292 g/mol. The van der Waals surface area contributed by atoms with E-state index in [4.69, 9.17) is 10.5 Å². The minimum Gasteiger partial charge on any atom is -0.458 e. The van der Waals surface area contributed by atoms with Crippen molar-refractivity contribution < 1.29 is 14.3 Å². The summed E-state index contributed by atoms with van der Waals surface area (Å²) in [5.74, 6) is -0.362. The summed E-state index contributed by atoms with van der Waals surface area (Å²) in [4.78, 5) is 24.8. The van der Waals surface area contributed by atoms with Crippen LogP contribution in [0.2, 0.25) is 0 Å². The van der Waals surface area contributed by atoms with Crippen LogP contribution in [0, 0.1) is 0 Å². The number of carbonyl (C=O) groups excluding carboxylic acids is 2. The highest BCUT2D eigenvalue weighted by molar-refractivity contribution is 5.92. The molecule has 0 aromatic heterocycles. The second kappa shape index (κ2) is 7.45. The van der Waals surface area contributed by atoms with Gasteiger partial charge in [-0.2, -0.15) is 0 Å². The number of primary amides is 1. The first kappa shape index (κ1) is 16.5. The maximum Gasteiger partial charge on any atom is 0.319 e. The topological polar surface area (TPSA) is 72.6 Å². The Labute approximate surface area is 135 Å². The number of para-hydroxylation sites is 1. The minimum absolute atomic E-state index is 0.270. The van der Waals surface area contributed by atoms with Crippen molar-refractivity contribution >= 4 is 17.7 Å². The lowest BCUT2D eigenvalue weighted by molar-refractivity contribution is -0.144. The quantitative estimate of drug-likeness (QED) is 0.689. The first-order valence-electron chi connectivity index (χ1n) is 7.33. The Morgan fingerprint density at radius 2 is 2.09 bits per heavy atom. The number of allylic oxidation sites excluding steroid dienone is 4. The highest BCUT2D eigenvalue weighted by Gasteiger charge is 2.28. The number of benzene rings is 1. The van der Waals surface area contributed by atoms with E-state index in [0.29, 0.717) is 6.42 Å². The molecule has 2 amide bonds. The largest absolute Gasteiger partial charge is 0.458 e. The second-order valence-corrected chi connectivity index (χ2v) is 5.22. The number of hydrogen-bond donors (Lipinski definition) is 1. The zero-order chi connectivity index (χ0) is 16.8. The number of hydrogen-bond acceptors (Lipinski definition) is 3. The molecule has 0 saturated heterocycles. The molecule has 23 heavy (non-hydrogen) atoms. The molecule has 0 saturated carbocycles. The number of anilines is 1. The van der Waals surface area contributed by atoms with Crippen LogP contribution in [-0.4, -0.2) is 24.6 Å². The van der Waals surface area contributed by atoms with Crippen LogP contribution in [0.3, 0.4) is 0 Å². The van der Waals surface area contributed by atoms with Gasteiger partial charge in [-0.15, -0.1) is 0 Å². The van der Waals surface area contributed by atoms with Crippen LogP contribution in [0.25, 0.3) is 0 Å². The van der Waals surface area contributed by atoms with E-state index in [2.05, 4.69) is 6.58 Å². The van der Waals surface area contributed by atoms with Gasteiger partial charge in [0.25, 0.3) is 0 Å². The maximum atomic E-state index is 11.9. The monoisotopic (exact) mass is 312 g/mol. The number of carbonyl (C=O) groups is 2. The van der Waals surface area contributed by atoms with E-state index >= 15 is 0 Å². The van der Waals surface area contributed by atoms with Crippen LogP contribution >= 0.6 is 0 Å². The van der Waals surface area contributed by atoms with Crippen LogP contribution in [-0.2, 0) is 16.0 Å². The molecule has 1 atom stereocenters. The van der Waals surface area contributed by atoms with Crippen LogP contribution in [0.5, 0.6) is 0 Å². The van der Waals surface area contributed by atoms with Crippen molar-refractivity contribution in [2.75, 3.05) is 11.4 Å². The average molecular weight is 312 g/mol. The van der Waals surface area contributed by atoms with E-state index in [0.717, 1.165) is 16.8 Å². The Morgan fingerprint density at radius 3 is 2.74 bits per heavy atom. The van der Waals surface area contributed by atoms with Crippen molar-refractivity contribution in [1.82, 2.24) is 0 Å². The fourth-order valence-electron chi connectivity index (χ4n) is 2.58. The summed E-state index contributed by atoms with van der Waals surface area (Å²) in [6.45, 7) is 5.26. The van der Waals surface area contributed by atoms with E-state index in [9.17, 15) is 9.59 Å². The summed E-state index contributed by atoms with van der Waals surface area (Å²) < 4.78 is 5.45. The van der Waals surface area contributed by atoms with Gasteiger partial charge in [-0.1, -0.05) is 49.1 Å². The summed E-state index contributed by atoms with van der Waals surface area (Å²) in [7, 11) is 0. The molecule has 0 bridgehead atoms. The molecule has 1 aliphatic heterocycles. The Hall–Kier alpha value is -2.82. The van der Waals surface area contributed by atoms with Crippen molar-refractivity contribution in [2.45, 2.75) is 19.4 Å². The molecule has 5 heteroatoms.